The van der Waals surface area contributed by atoms with E-state index in [1.165, 1.54) is 0 Å². The molecule has 1 aliphatic carbocycles. The maximum Gasteiger partial charge on any atom is 0.227 e. The number of aryl methyl sites for hydroxylation is 1. The molecule has 15 heavy (non-hydrogen) atoms. The molecule has 2 atom stereocenters. The maximum absolute atomic E-state index is 11.7. The lowest BCUT2D eigenvalue weighted by atomic mass is 10.2. The minimum absolute atomic E-state index is 0.153. The number of anilines is 1. The number of halogens is 1. The summed E-state index contributed by atoms with van der Waals surface area (Å²) >= 11 is 3.42. The lowest BCUT2D eigenvalue weighted by Crippen LogP contribution is -2.14. The first kappa shape index (κ1) is 10.7. The summed E-state index contributed by atoms with van der Waals surface area (Å²) in [5.74, 6) is 0.933. The highest BCUT2D eigenvalue weighted by Gasteiger charge is 2.39. The third-order valence-electron chi connectivity index (χ3n) is 2.76. The van der Waals surface area contributed by atoms with E-state index in [4.69, 9.17) is 0 Å². The summed E-state index contributed by atoms with van der Waals surface area (Å²) in [6.45, 7) is 4.12. The average Bonchev–Trinajstić information content (AvgIpc) is 2.80. The first-order valence-electron chi connectivity index (χ1n) is 5.14. The SMILES string of the molecule is Cc1cc(Br)cc(NC(=O)C2CC2C)c1. The number of rotatable bonds is 2. The van der Waals surface area contributed by atoms with E-state index in [9.17, 15) is 4.79 Å². The predicted octanol–water partition coefficient (Wildman–Crippen LogP) is 3.35. The highest BCUT2D eigenvalue weighted by atomic mass is 79.9. The zero-order valence-electron chi connectivity index (χ0n) is 8.88. The quantitative estimate of drug-likeness (QED) is 0.875. The third kappa shape index (κ3) is 2.59. The minimum atomic E-state index is 0.153. The number of nitrogens with one attached hydrogen (secondary N) is 1. The lowest BCUT2D eigenvalue weighted by molar-refractivity contribution is -0.117. The van der Waals surface area contributed by atoms with Crippen LogP contribution in [0.4, 0.5) is 5.69 Å². The van der Waals surface area contributed by atoms with Crippen molar-refractivity contribution in [3.05, 3.63) is 28.2 Å². The summed E-state index contributed by atoms with van der Waals surface area (Å²) < 4.78 is 1.00. The Labute approximate surface area is 98.2 Å². The van der Waals surface area contributed by atoms with Gasteiger partial charge in [-0.3, -0.25) is 4.79 Å². The predicted molar refractivity (Wildman–Crippen MR) is 64.8 cm³/mol. The molecule has 0 heterocycles. The number of carbonyl (C=O) groups is 1. The Bertz CT molecular complexity index is 382. The van der Waals surface area contributed by atoms with Crippen LogP contribution in [0, 0.1) is 18.8 Å². The van der Waals surface area contributed by atoms with Crippen molar-refractivity contribution < 1.29 is 4.79 Å². The number of amides is 1. The van der Waals surface area contributed by atoms with Gasteiger partial charge in [-0.25, -0.2) is 0 Å². The molecule has 2 rings (SSSR count). The molecular formula is C12H14BrNO. The zero-order chi connectivity index (χ0) is 11.0. The zero-order valence-corrected chi connectivity index (χ0v) is 10.5. The van der Waals surface area contributed by atoms with Gasteiger partial charge in [-0.1, -0.05) is 22.9 Å². The summed E-state index contributed by atoms with van der Waals surface area (Å²) in [4.78, 5) is 11.7. The molecule has 0 radical (unpaired) electrons. The number of benzene rings is 1. The van der Waals surface area contributed by atoms with Crippen molar-refractivity contribution in [2.75, 3.05) is 5.32 Å². The monoisotopic (exact) mass is 267 g/mol. The fourth-order valence-electron chi connectivity index (χ4n) is 1.73. The molecule has 0 bridgehead atoms. The molecule has 1 fully saturated rings. The second-order valence-corrected chi connectivity index (χ2v) is 5.24. The van der Waals surface area contributed by atoms with E-state index in [1.807, 2.05) is 25.1 Å². The Morgan fingerprint density at radius 3 is 2.67 bits per heavy atom. The van der Waals surface area contributed by atoms with Crippen molar-refractivity contribution in [3.63, 3.8) is 0 Å². The fourth-order valence-corrected chi connectivity index (χ4v) is 2.34. The second-order valence-electron chi connectivity index (χ2n) is 4.33. The van der Waals surface area contributed by atoms with Crippen LogP contribution >= 0.6 is 15.9 Å². The van der Waals surface area contributed by atoms with E-state index in [2.05, 4.69) is 28.2 Å². The Hall–Kier alpha value is -0.830. The summed E-state index contributed by atoms with van der Waals surface area (Å²) in [5.41, 5.74) is 2.02. The Morgan fingerprint density at radius 2 is 2.13 bits per heavy atom. The standard InChI is InChI=1S/C12H14BrNO/c1-7-3-9(13)6-10(4-7)14-12(15)11-5-8(11)2/h3-4,6,8,11H,5H2,1-2H3,(H,14,15). The van der Waals surface area contributed by atoms with Gasteiger partial charge in [0.25, 0.3) is 0 Å². The molecule has 1 aromatic carbocycles. The Balaban J connectivity index is 2.07. The Morgan fingerprint density at radius 1 is 1.47 bits per heavy atom. The van der Waals surface area contributed by atoms with Gasteiger partial charge in [0.1, 0.15) is 0 Å². The normalized spacial score (nSPS) is 23.7. The van der Waals surface area contributed by atoms with Crippen molar-refractivity contribution in [2.24, 2.45) is 11.8 Å². The maximum atomic E-state index is 11.7. The van der Waals surface area contributed by atoms with Crippen LogP contribution < -0.4 is 5.32 Å². The van der Waals surface area contributed by atoms with E-state index in [0.717, 1.165) is 22.1 Å². The molecule has 2 nitrogen and oxygen atoms in total. The van der Waals surface area contributed by atoms with Crippen LogP contribution in [0.5, 0.6) is 0 Å². The van der Waals surface area contributed by atoms with Crippen LogP contribution in [0.3, 0.4) is 0 Å². The van der Waals surface area contributed by atoms with Gasteiger partial charge in [0, 0.05) is 16.1 Å². The summed E-state index contributed by atoms with van der Waals surface area (Å²) in [7, 11) is 0. The first-order valence-corrected chi connectivity index (χ1v) is 5.93. The van der Waals surface area contributed by atoms with Gasteiger partial charge in [0.05, 0.1) is 0 Å². The summed E-state index contributed by atoms with van der Waals surface area (Å²) in [6.07, 6.45) is 1.03. The van der Waals surface area contributed by atoms with Crippen molar-refractivity contribution in [3.8, 4) is 0 Å². The number of carbonyl (C=O) groups excluding carboxylic acids is 1. The van der Waals surface area contributed by atoms with Crippen LogP contribution in [-0.4, -0.2) is 5.91 Å². The first-order chi connectivity index (χ1) is 7.06. The topological polar surface area (TPSA) is 29.1 Å². The molecule has 1 amide bonds. The Kier molecular flexibility index (Phi) is 2.83. The van der Waals surface area contributed by atoms with Gasteiger partial charge < -0.3 is 5.32 Å². The average molecular weight is 268 g/mol. The van der Waals surface area contributed by atoms with Crippen LogP contribution in [0.25, 0.3) is 0 Å². The van der Waals surface area contributed by atoms with Gasteiger partial charge >= 0.3 is 0 Å². The van der Waals surface area contributed by atoms with E-state index in [0.29, 0.717) is 5.92 Å². The van der Waals surface area contributed by atoms with Crippen LogP contribution in [0.1, 0.15) is 18.9 Å². The summed E-state index contributed by atoms with van der Waals surface area (Å²) in [6, 6.07) is 5.93. The largest absolute Gasteiger partial charge is 0.326 e. The number of hydrogen-bond acceptors (Lipinski definition) is 1. The van der Waals surface area contributed by atoms with Gasteiger partial charge in [-0.2, -0.15) is 0 Å². The van der Waals surface area contributed by atoms with Crippen molar-refractivity contribution in [2.45, 2.75) is 20.3 Å². The van der Waals surface area contributed by atoms with E-state index in [1.54, 1.807) is 0 Å². The highest BCUT2D eigenvalue weighted by Crippen LogP contribution is 2.38. The van der Waals surface area contributed by atoms with Gasteiger partial charge in [0.2, 0.25) is 5.91 Å². The number of hydrogen-bond donors (Lipinski definition) is 1. The lowest BCUT2D eigenvalue weighted by Gasteiger charge is -2.06. The summed E-state index contributed by atoms with van der Waals surface area (Å²) in [5, 5.41) is 2.95. The smallest absolute Gasteiger partial charge is 0.227 e. The molecule has 1 saturated carbocycles. The molecule has 0 saturated heterocycles. The molecular weight excluding hydrogens is 254 g/mol. The van der Waals surface area contributed by atoms with Crippen molar-refractivity contribution in [1.29, 1.82) is 0 Å². The van der Waals surface area contributed by atoms with Gasteiger partial charge in [-0.05, 0) is 43.0 Å². The van der Waals surface area contributed by atoms with Crippen LogP contribution in [-0.2, 0) is 4.79 Å². The molecule has 0 aromatic heterocycles. The van der Waals surface area contributed by atoms with Crippen LogP contribution in [0.15, 0.2) is 22.7 Å². The third-order valence-corrected chi connectivity index (χ3v) is 3.21. The highest BCUT2D eigenvalue weighted by molar-refractivity contribution is 9.10. The van der Waals surface area contributed by atoms with Crippen LogP contribution in [0.2, 0.25) is 0 Å². The van der Waals surface area contributed by atoms with E-state index < -0.39 is 0 Å². The van der Waals surface area contributed by atoms with Gasteiger partial charge in [0.15, 0.2) is 0 Å². The van der Waals surface area contributed by atoms with Crippen molar-refractivity contribution >= 4 is 27.5 Å². The molecule has 0 spiro atoms. The molecule has 0 aliphatic heterocycles. The minimum Gasteiger partial charge on any atom is -0.326 e. The second kappa shape index (κ2) is 3.97. The van der Waals surface area contributed by atoms with Crippen molar-refractivity contribution in [1.82, 2.24) is 0 Å². The van der Waals surface area contributed by atoms with E-state index in [-0.39, 0.29) is 11.8 Å². The molecule has 1 aromatic rings. The fraction of sp³-hybridized carbons (Fsp3) is 0.417. The van der Waals surface area contributed by atoms with E-state index >= 15 is 0 Å². The molecule has 1 N–H and O–H groups in total. The van der Waals surface area contributed by atoms with Gasteiger partial charge in [-0.15, -0.1) is 0 Å². The molecule has 3 heteroatoms. The molecule has 80 valence electrons. The molecule has 2 unspecified atom stereocenters. The molecule has 1 aliphatic rings.